The van der Waals surface area contributed by atoms with Crippen molar-refractivity contribution in [1.29, 1.82) is 0 Å². The van der Waals surface area contributed by atoms with Crippen LogP contribution in [0.3, 0.4) is 0 Å². The van der Waals surface area contributed by atoms with Crippen molar-refractivity contribution in [1.82, 2.24) is 10.2 Å². The first-order chi connectivity index (χ1) is 18.3. The fourth-order valence-electron chi connectivity index (χ4n) is 4.07. The van der Waals surface area contributed by atoms with Gasteiger partial charge >= 0.3 is 0 Å². The third-order valence-corrected chi connectivity index (χ3v) is 7.31. The van der Waals surface area contributed by atoms with Crippen molar-refractivity contribution in [3.8, 4) is 0 Å². The topological polar surface area (TPSA) is 86.8 Å². The van der Waals surface area contributed by atoms with Gasteiger partial charge in [0.25, 0.3) is 0 Å². The van der Waals surface area contributed by atoms with Gasteiger partial charge in [-0.1, -0.05) is 72.3 Å². The lowest BCUT2D eigenvalue weighted by molar-refractivity contribution is -0.140. The van der Waals surface area contributed by atoms with E-state index >= 15 is 0 Å². The number of nitrogens with zero attached hydrogens (tertiary/aromatic N) is 2. The summed E-state index contributed by atoms with van der Waals surface area (Å²) in [6.45, 7) is 4.56. The summed E-state index contributed by atoms with van der Waals surface area (Å²) >= 11 is 6.29. The highest BCUT2D eigenvalue weighted by atomic mass is 35.5. The number of carbonyl (C=O) groups excluding carboxylic acids is 2. The molecule has 0 heterocycles. The standard InChI is InChI=1S/C29H33ClFN3O4S/c1-29(2,3)32-28(36)26(18-21-12-6-5-7-13-21)33(19-22-14-8-10-16-24(22)31)27(35)20-34(39(4,37)38)25-17-11-9-15-23(25)30/h5-17,26H,18-20H2,1-4H3,(H,32,36). The van der Waals surface area contributed by atoms with Gasteiger partial charge in [-0.2, -0.15) is 0 Å². The Bertz CT molecular complexity index is 1410. The first kappa shape index (κ1) is 30.1. The monoisotopic (exact) mass is 573 g/mol. The Balaban J connectivity index is 2.10. The first-order valence-electron chi connectivity index (χ1n) is 12.4. The molecule has 3 rings (SSSR count). The van der Waals surface area contributed by atoms with Crippen LogP contribution >= 0.6 is 11.6 Å². The van der Waals surface area contributed by atoms with E-state index in [1.807, 2.05) is 51.1 Å². The van der Waals surface area contributed by atoms with Crippen LogP contribution in [0.1, 0.15) is 31.9 Å². The zero-order valence-corrected chi connectivity index (χ0v) is 24.0. The maximum Gasteiger partial charge on any atom is 0.244 e. The lowest BCUT2D eigenvalue weighted by Crippen LogP contribution is -2.56. The van der Waals surface area contributed by atoms with Gasteiger partial charge in [0, 0.05) is 24.1 Å². The van der Waals surface area contributed by atoms with Crippen molar-refractivity contribution in [2.24, 2.45) is 0 Å². The lowest BCUT2D eigenvalue weighted by Gasteiger charge is -2.35. The number of anilines is 1. The van der Waals surface area contributed by atoms with Gasteiger partial charge in [0.2, 0.25) is 21.8 Å². The second-order valence-electron chi connectivity index (χ2n) is 10.3. The molecule has 208 valence electrons. The second kappa shape index (κ2) is 12.6. The van der Waals surface area contributed by atoms with Gasteiger partial charge in [-0.3, -0.25) is 13.9 Å². The Morgan fingerprint density at radius 2 is 1.54 bits per heavy atom. The van der Waals surface area contributed by atoms with Crippen LogP contribution in [0.4, 0.5) is 10.1 Å². The minimum absolute atomic E-state index is 0.125. The lowest BCUT2D eigenvalue weighted by atomic mass is 10.0. The van der Waals surface area contributed by atoms with Gasteiger partial charge in [-0.05, 0) is 44.5 Å². The van der Waals surface area contributed by atoms with E-state index in [1.165, 1.54) is 35.2 Å². The maximum absolute atomic E-state index is 14.8. The average Bonchev–Trinajstić information content (AvgIpc) is 2.85. The van der Waals surface area contributed by atoms with Gasteiger partial charge in [0.1, 0.15) is 18.4 Å². The van der Waals surface area contributed by atoms with Crippen molar-refractivity contribution in [3.05, 3.63) is 101 Å². The number of amides is 2. The maximum atomic E-state index is 14.8. The third kappa shape index (κ3) is 8.53. The minimum atomic E-state index is -3.96. The van der Waals surface area contributed by atoms with Crippen molar-refractivity contribution >= 4 is 39.1 Å². The van der Waals surface area contributed by atoms with Gasteiger partial charge in [-0.15, -0.1) is 0 Å². The SMILES string of the molecule is CC(C)(C)NC(=O)C(Cc1ccccc1)N(Cc1ccccc1F)C(=O)CN(c1ccccc1Cl)S(C)(=O)=O. The van der Waals surface area contributed by atoms with Gasteiger partial charge in [-0.25, -0.2) is 12.8 Å². The summed E-state index contributed by atoms with van der Waals surface area (Å²) in [6, 6.07) is 20.3. The molecule has 0 spiro atoms. The Morgan fingerprint density at radius 3 is 2.13 bits per heavy atom. The van der Waals surface area contributed by atoms with Gasteiger partial charge < -0.3 is 10.2 Å². The fraction of sp³-hybridized carbons (Fsp3) is 0.310. The van der Waals surface area contributed by atoms with Crippen molar-refractivity contribution in [2.75, 3.05) is 17.1 Å². The normalized spacial score (nSPS) is 12.5. The molecule has 1 atom stereocenters. The van der Waals surface area contributed by atoms with Gasteiger partial charge in [0.15, 0.2) is 0 Å². The highest BCUT2D eigenvalue weighted by molar-refractivity contribution is 7.92. The smallest absolute Gasteiger partial charge is 0.244 e. The number of halogens is 2. The van der Waals surface area contributed by atoms with Crippen molar-refractivity contribution < 1.29 is 22.4 Å². The highest BCUT2D eigenvalue weighted by Crippen LogP contribution is 2.28. The van der Waals surface area contributed by atoms with E-state index in [1.54, 1.807) is 18.2 Å². The molecule has 0 aliphatic carbocycles. The van der Waals surface area contributed by atoms with Crippen LogP contribution in [0, 0.1) is 5.82 Å². The predicted molar refractivity (Wildman–Crippen MR) is 152 cm³/mol. The number of nitrogens with one attached hydrogen (secondary N) is 1. The Hall–Kier alpha value is -3.43. The summed E-state index contributed by atoms with van der Waals surface area (Å²) in [5.74, 6) is -1.68. The molecule has 0 saturated carbocycles. The molecule has 10 heteroatoms. The summed E-state index contributed by atoms with van der Waals surface area (Å²) in [5.41, 5.74) is 0.481. The molecule has 39 heavy (non-hydrogen) atoms. The molecule has 0 fully saturated rings. The average molecular weight is 574 g/mol. The van der Waals surface area contributed by atoms with Crippen LogP contribution in [-0.2, 0) is 32.6 Å². The quantitative estimate of drug-likeness (QED) is 0.377. The number of para-hydroxylation sites is 1. The molecule has 0 aromatic heterocycles. The fourth-order valence-corrected chi connectivity index (χ4v) is 5.22. The molecule has 2 amide bonds. The molecule has 0 saturated heterocycles. The van der Waals surface area contributed by atoms with E-state index in [0.717, 1.165) is 16.1 Å². The van der Waals surface area contributed by atoms with E-state index in [9.17, 15) is 22.4 Å². The van der Waals surface area contributed by atoms with Crippen molar-refractivity contribution in [2.45, 2.75) is 45.3 Å². The molecule has 1 N–H and O–H groups in total. The van der Waals surface area contributed by atoms with Crippen LogP contribution in [-0.4, -0.2) is 49.5 Å². The molecule has 7 nitrogen and oxygen atoms in total. The van der Waals surface area contributed by atoms with E-state index in [4.69, 9.17) is 11.6 Å². The van der Waals surface area contributed by atoms with Crippen LogP contribution in [0.5, 0.6) is 0 Å². The Labute approximate surface area is 234 Å². The summed E-state index contributed by atoms with van der Waals surface area (Å²) in [4.78, 5) is 28.9. The number of hydrogen-bond acceptors (Lipinski definition) is 4. The summed E-state index contributed by atoms with van der Waals surface area (Å²) in [7, 11) is -3.96. The largest absolute Gasteiger partial charge is 0.350 e. The van der Waals surface area contributed by atoms with Crippen LogP contribution in [0.15, 0.2) is 78.9 Å². The minimum Gasteiger partial charge on any atom is -0.350 e. The molecule has 3 aromatic rings. The van der Waals surface area contributed by atoms with Gasteiger partial charge in [0.05, 0.1) is 17.0 Å². The molecule has 3 aromatic carbocycles. The summed E-state index contributed by atoms with van der Waals surface area (Å²) < 4.78 is 41.3. The Kier molecular flexibility index (Phi) is 9.74. The van der Waals surface area contributed by atoms with E-state index in [-0.39, 0.29) is 29.2 Å². The van der Waals surface area contributed by atoms with Crippen LogP contribution in [0.25, 0.3) is 0 Å². The second-order valence-corrected chi connectivity index (χ2v) is 12.6. The van der Waals surface area contributed by atoms with E-state index < -0.39 is 45.8 Å². The number of benzene rings is 3. The molecule has 0 bridgehead atoms. The molecular weight excluding hydrogens is 541 g/mol. The number of carbonyl (C=O) groups is 2. The Morgan fingerprint density at radius 1 is 0.949 bits per heavy atom. The highest BCUT2D eigenvalue weighted by Gasteiger charge is 2.35. The molecule has 0 radical (unpaired) electrons. The summed E-state index contributed by atoms with van der Waals surface area (Å²) in [5, 5.41) is 3.06. The van der Waals surface area contributed by atoms with Crippen molar-refractivity contribution in [3.63, 3.8) is 0 Å². The number of rotatable bonds is 10. The number of sulfonamides is 1. The van der Waals surface area contributed by atoms with Crippen LogP contribution < -0.4 is 9.62 Å². The predicted octanol–water partition coefficient (Wildman–Crippen LogP) is 4.80. The summed E-state index contributed by atoms with van der Waals surface area (Å²) in [6.07, 6.45) is 1.10. The molecule has 0 aliphatic heterocycles. The zero-order chi connectivity index (χ0) is 28.8. The third-order valence-electron chi connectivity index (χ3n) is 5.87. The van der Waals surface area contributed by atoms with E-state index in [2.05, 4.69) is 5.32 Å². The number of hydrogen-bond donors (Lipinski definition) is 1. The molecular formula is C29H33ClFN3O4S. The molecule has 0 aliphatic rings. The molecule has 1 unspecified atom stereocenters. The van der Waals surface area contributed by atoms with Crippen LogP contribution in [0.2, 0.25) is 5.02 Å². The first-order valence-corrected chi connectivity index (χ1v) is 14.6. The zero-order valence-electron chi connectivity index (χ0n) is 22.4. The van der Waals surface area contributed by atoms with E-state index in [0.29, 0.717) is 0 Å².